The molecule has 1 saturated carbocycles. The number of nitrogens with zero attached hydrogens (tertiary/aromatic N) is 2. The van der Waals surface area contributed by atoms with E-state index in [4.69, 9.17) is 4.74 Å². The van der Waals surface area contributed by atoms with Gasteiger partial charge in [-0.1, -0.05) is 18.9 Å². The lowest BCUT2D eigenvalue weighted by atomic mass is 9.92. The summed E-state index contributed by atoms with van der Waals surface area (Å²) < 4.78 is 5.33. The fourth-order valence-electron chi connectivity index (χ4n) is 3.52. The van der Waals surface area contributed by atoms with Crippen molar-refractivity contribution < 1.29 is 14.6 Å². The van der Waals surface area contributed by atoms with Crippen molar-refractivity contribution >= 4 is 11.8 Å². The highest BCUT2D eigenvalue weighted by Gasteiger charge is 2.41. The minimum absolute atomic E-state index is 0.0365. The van der Waals surface area contributed by atoms with Gasteiger partial charge in [-0.25, -0.2) is 4.79 Å². The van der Waals surface area contributed by atoms with Gasteiger partial charge in [-0.05, 0) is 25.0 Å². The molecule has 0 saturated heterocycles. The molecular formula is C17H19N3O3. The van der Waals surface area contributed by atoms with Gasteiger partial charge in [-0.2, -0.15) is 0 Å². The van der Waals surface area contributed by atoms with E-state index in [0.29, 0.717) is 12.3 Å². The van der Waals surface area contributed by atoms with Gasteiger partial charge in [0.1, 0.15) is 11.4 Å². The molecule has 3 heterocycles. The number of hydrogen-bond donors (Lipinski definition) is 2. The van der Waals surface area contributed by atoms with Crippen molar-refractivity contribution in [1.29, 1.82) is 0 Å². The number of aliphatic imine (C=N–C) groups is 1. The molecule has 23 heavy (non-hydrogen) atoms. The van der Waals surface area contributed by atoms with Crippen LogP contribution in [-0.4, -0.2) is 40.1 Å². The Morgan fingerprint density at radius 1 is 1.30 bits per heavy atom. The van der Waals surface area contributed by atoms with Crippen LogP contribution in [-0.2, 0) is 16.0 Å². The number of nitrogens with one attached hydrogen (secondary N) is 1. The molecule has 1 aromatic rings. The molecule has 6 heteroatoms. The second-order valence-electron chi connectivity index (χ2n) is 6.26. The van der Waals surface area contributed by atoms with E-state index in [0.717, 1.165) is 25.0 Å². The van der Waals surface area contributed by atoms with Crippen LogP contribution in [0.4, 0.5) is 0 Å². The Morgan fingerprint density at radius 2 is 2.17 bits per heavy atom. The lowest BCUT2D eigenvalue weighted by Gasteiger charge is -2.23. The molecule has 120 valence electrons. The number of fused-ring (bicyclic) bond motifs is 1. The minimum atomic E-state index is -0.681. The fraction of sp³-hybridized carbons (Fsp3) is 0.471. The molecule has 2 N–H and O–H groups in total. The first-order chi connectivity index (χ1) is 11.2. The molecule has 4 rings (SSSR count). The molecular weight excluding hydrogens is 294 g/mol. The Morgan fingerprint density at radius 3 is 2.96 bits per heavy atom. The standard InChI is InChI=1S/C17H19N3O3/c21-15-13(9-10-5-3-4-8-18-10)23-17(22)14(15)16-19-11-6-1-2-7-12(11)20-16/h3-5,8,11-13,21H,1-2,6-7,9H2,(H,19,20)/t11-,12-,13-/m1/s1. The first kappa shape index (κ1) is 14.2. The number of pyridine rings is 1. The van der Waals surface area contributed by atoms with Gasteiger partial charge >= 0.3 is 5.97 Å². The fourth-order valence-corrected chi connectivity index (χ4v) is 3.52. The summed E-state index contributed by atoms with van der Waals surface area (Å²) in [6.45, 7) is 0. The van der Waals surface area contributed by atoms with E-state index in [2.05, 4.69) is 15.3 Å². The van der Waals surface area contributed by atoms with Gasteiger partial charge in [0, 0.05) is 24.4 Å². The Kier molecular flexibility index (Phi) is 3.52. The Hall–Kier alpha value is -2.37. The quantitative estimate of drug-likeness (QED) is 0.829. The van der Waals surface area contributed by atoms with Crippen LogP contribution < -0.4 is 5.32 Å². The third kappa shape index (κ3) is 2.58. The van der Waals surface area contributed by atoms with Crippen LogP contribution in [0.1, 0.15) is 31.4 Å². The number of cyclic esters (lactones) is 1. The predicted octanol–water partition coefficient (Wildman–Crippen LogP) is 1.67. The van der Waals surface area contributed by atoms with Crippen molar-refractivity contribution in [3.05, 3.63) is 41.4 Å². The van der Waals surface area contributed by atoms with E-state index in [1.165, 1.54) is 6.42 Å². The van der Waals surface area contributed by atoms with Crippen molar-refractivity contribution in [3.8, 4) is 0 Å². The van der Waals surface area contributed by atoms with Gasteiger partial charge in [-0.3, -0.25) is 9.98 Å². The number of hydrogen-bond acceptors (Lipinski definition) is 6. The third-order valence-corrected chi connectivity index (χ3v) is 4.72. The second kappa shape index (κ2) is 5.68. The first-order valence-electron chi connectivity index (χ1n) is 8.11. The highest BCUT2D eigenvalue weighted by atomic mass is 16.6. The molecule has 6 nitrogen and oxygen atoms in total. The molecule has 1 aromatic heterocycles. The van der Waals surface area contributed by atoms with Crippen LogP contribution in [0.15, 0.2) is 40.7 Å². The van der Waals surface area contributed by atoms with E-state index >= 15 is 0 Å². The van der Waals surface area contributed by atoms with Crippen LogP contribution in [0.2, 0.25) is 0 Å². The van der Waals surface area contributed by atoms with Crippen molar-refractivity contribution in [2.75, 3.05) is 0 Å². The van der Waals surface area contributed by atoms with E-state index < -0.39 is 12.1 Å². The molecule has 2 aliphatic heterocycles. The van der Waals surface area contributed by atoms with Crippen LogP contribution in [0, 0.1) is 0 Å². The van der Waals surface area contributed by atoms with Gasteiger partial charge < -0.3 is 15.2 Å². The molecule has 1 aliphatic carbocycles. The average Bonchev–Trinajstić information content (AvgIpc) is 3.09. The monoisotopic (exact) mass is 313 g/mol. The number of ether oxygens (including phenoxy) is 1. The van der Waals surface area contributed by atoms with Crippen LogP contribution in [0.3, 0.4) is 0 Å². The lowest BCUT2D eigenvalue weighted by molar-refractivity contribution is -0.139. The lowest BCUT2D eigenvalue weighted by Crippen LogP contribution is -2.37. The first-order valence-corrected chi connectivity index (χ1v) is 8.11. The normalized spacial score (nSPS) is 29.8. The SMILES string of the molecule is O=C1O[C@H](Cc2ccccn2)C(O)=C1C1=N[C@@H]2CCCC[C@H]2N1. The summed E-state index contributed by atoms with van der Waals surface area (Å²) in [5.41, 5.74) is 0.966. The average molecular weight is 313 g/mol. The van der Waals surface area contributed by atoms with Crippen LogP contribution >= 0.6 is 0 Å². The number of esters is 1. The topological polar surface area (TPSA) is 83.8 Å². The smallest absolute Gasteiger partial charge is 0.346 e. The number of aliphatic hydroxyl groups is 1. The molecule has 1 fully saturated rings. The van der Waals surface area contributed by atoms with Crippen molar-refractivity contribution in [3.63, 3.8) is 0 Å². The maximum absolute atomic E-state index is 12.2. The molecule has 0 aromatic carbocycles. The van der Waals surface area contributed by atoms with Gasteiger partial charge in [0.05, 0.1) is 6.04 Å². The van der Waals surface area contributed by atoms with Gasteiger partial charge in [0.2, 0.25) is 0 Å². The summed E-state index contributed by atoms with van der Waals surface area (Å²) in [5, 5.41) is 13.8. The molecule has 0 bridgehead atoms. The Bertz CT molecular complexity index is 684. The van der Waals surface area contributed by atoms with Gasteiger partial charge in [0.25, 0.3) is 0 Å². The number of rotatable bonds is 3. The Labute approximate surface area is 134 Å². The van der Waals surface area contributed by atoms with E-state index in [1.807, 2.05) is 18.2 Å². The number of amidine groups is 1. The molecule has 3 aliphatic rings. The maximum Gasteiger partial charge on any atom is 0.346 e. The molecule has 0 spiro atoms. The van der Waals surface area contributed by atoms with E-state index in [-0.39, 0.29) is 23.4 Å². The number of aromatic nitrogens is 1. The van der Waals surface area contributed by atoms with Gasteiger partial charge in [0.15, 0.2) is 11.9 Å². The number of aliphatic hydroxyl groups excluding tert-OH is 1. The van der Waals surface area contributed by atoms with Crippen LogP contribution in [0.25, 0.3) is 0 Å². The summed E-state index contributed by atoms with van der Waals surface area (Å²) in [7, 11) is 0. The van der Waals surface area contributed by atoms with Gasteiger partial charge in [-0.15, -0.1) is 0 Å². The zero-order valence-corrected chi connectivity index (χ0v) is 12.7. The summed E-state index contributed by atoms with van der Waals surface area (Å²) in [4.78, 5) is 21.0. The summed E-state index contributed by atoms with van der Waals surface area (Å²) in [6, 6.07) is 6.03. The molecule has 0 unspecified atom stereocenters. The van der Waals surface area contributed by atoms with Crippen molar-refractivity contribution in [1.82, 2.24) is 10.3 Å². The largest absolute Gasteiger partial charge is 0.507 e. The number of carbonyl (C=O) groups excluding carboxylic acids is 1. The minimum Gasteiger partial charge on any atom is -0.507 e. The summed E-state index contributed by atoms with van der Waals surface area (Å²) >= 11 is 0. The molecule has 0 amide bonds. The number of carbonyl (C=O) groups is 1. The molecule has 3 atom stereocenters. The zero-order valence-electron chi connectivity index (χ0n) is 12.7. The second-order valence-corrected chi connectivity index (χ2v) is 6.26. The van der Waals surface area contributed by atoms with E-state index in [1.54, 1.807) is 6.20 Å². The predicted molar refractivity (Wildman–Crippen MR) is 84.1 cm³/mol. The highest BCUT2D eigenvalue weighted by molar-refractivity contribution is 6.21. The summed E-state index contributed by atoms with van der Waals surface area (Å²) in [5.74, 6) is -0.0493. The van der Waals surface area contributed by atoms with E-state index in [9.17, 15) is 9.90 Å². The highest BCUT2D eigenvalue weighted by Crippen LogP contribution is 2.30. The zero-order chi connectivity index (χ0) is 15.8. The summed E-state index contributed by atoms with van der Waals surface area (Å²) in [6.07, 6.45) is 5.79. The third-order valence-electron chi connectivity index (χ3n) is 4.72. The van der Waals surface area contributed by atoms with Crippen molar-refractivity contribution in [2.45, 2.75) is 50.3 Å². The molecule has 0 radical (unpaired) electrons. The Balaban J connectivity index is 1.56. The van der Waals surface area contributed by atoms with Crippen LogP contribution in [0.5, 0.6) is 0 Å². The maximum atomic E-state index is 12.2. The van der Waals surface area contributed by atoms with Crippen molar-refractivity contribution in [2.24, 2.45) is 4.99 Å².